The van der Waals surface area contributed by atoms with Gasteiger partial charge in [-0.1, -0.05) is 65.0 Å². The van der Waals surface area contributed by atoms with Crippen molar-refractivity contribution in [3.8, 4) is 0 Å². The molecule has 6 aliphatic rings. The second-order valence-corrected chi connectivity index (χ2v) is 22.3. The number of Topliss-reactive ketones (excluding diaryl/α,β-unsaturated/α-hetero) is 3. The highest BCUT2D eigenvalue weighted by Crippen LogP contribution is 2.39. The number of hydroxylamine groups is 1. The first-order valence-electron chi connectivity index (χ1n) is 27.1. The van der Waals surface area contributed by atoms with Crippen LogP contribution in [0.25, 0.3) is 0 Å². The Hall–Kier alpha value is -3.87. The van der Waals surface area contributed by atoms with E-state index in [0.717, 1.165) is 17.7 Å². The fourth-order valence-electron chi connectivity index (χ4n) is 12.1. The lowest BCUT2D eigenvalue weighted by atomic mass is 9.78. The number of allylic oxidation sites excluding steroid dienone is 1. The molecule has 3 N–H and O–H groups in total. The molecule has 1 aliphatic carbocycles. The van der Waals surface area contributed by atoms with Gasteiger partial charge in [-0.25, -0.2) is 4.79 Å². The van der Waals surface area contributed by atoms with Crippen LogP contribution in [0, 0.1) is 35.5 Å². The molecule has 16 nitrogen and oxygen atoms in total. The third-order valence-corrected chi connectivity index (χ3v) is 16.9. The standard InChI is InChI=1S/C57H86N2O14/c1-33-26-37(5)51(62)53(70-10)52(63)38(6)27-34(2)47(61)32-49(35(3)28-40-20-24-46(60)50(30-40)69-9)71-56(66)45-18-14-15-25-58(45)55(65)54(64)57(67)39(7)19-21-42(72-57)31-48(68-8)36(4)29-43-22-23-44(33)59(73-43)41-16-12-11-13-17-41/h11-13,16-17,27,29,33-35,37,39-40,42-46,48-50,52-53,60,63,67H,14-15,18-26,28,30-32H2,1-10H3/b36-29-,38-27-/t33-,34+,35+,37+,39+,40-,42-,43?,44?,45-,46+,48-,49-,50+,52+,53-,57+/m0/s1. The van der Waals surface area contributed by atoms with Gasteiger partial charge in [0.05, 0.1) is 36.1 Å². The number of fused-ring (bicyclic) bond motifs is 17. The minimum atomic E-state index is -2.46. The van der Waals surface area contributed by atoms with Crippen molar-refractivity contribution in [2.75, 3.05) is 32.9 Å². The summed E-state index contributed by atoms with van der Waals surface area (Å²) in [5.41, 5.74) is 2.11. The Labute approximate surface area is 433 Å². The number of esters is 1. The Kier molecular flexibility index (Phi) is 21.0. The highest BCUT2D eigenvalue weighted by Gasteiger charge is 2.53. The Morgan fingerprint density at radius 3 is 2.22 bits per heavy atom. The van der Waals surface area contributed by atoms with Gasteiger partial charge >= 0.3 is 5.97 Å². The van der Waals surface area contributed by atoms with Gasteiger partial charge in [-0.15, -0.1) is 0 Å². The lowest BCUT2D eigenvalue weighted by Crippen LogP contribution is -2.61. The molecule has 1 aromatic carbocycles. The van der Waals surface area contributed by atoms with Crippen molar-refractivity contribution in [3.05, 3.63) is 53.6 Å². The second kappa shape index (κ2) is 26.3. The van der Waals surface area contributed by atoms with Gasteiger partial charge in [0, 0.05) is 58.5 Å². The van der Waals surface area contributed by atoms with Crippen LogP contribution in [0.3, 0.4) is 0 Å². The number of carbonyl (C=O) groups is 5. The van der Waals surface area contributed by atoms with E-state index >= 15 is 0 Å². The van der Waals surface area contributed by atoms with Crippen molar-refractivity contribution in [1.29, 1.82) is 0 Å². The zero-order chi connectivity index (χ0) is 53.3. The number of amides is 1. The van der Waals surface area contributed by atoms with Crippen molar-refractivity contribution < 1.29 is 67.8 Å². The quantitative estimate of drug-likeness (QED) is 0.142. The molecule has 16 heteroatoms. The summed E-state index contributed by atoms with van der Waals surface area (Å²) in [6.45, 7) is 12.9. The molecule has 0 aromatic heterocycles. The number of ketones is 3. The number of methoxy groups -OCH3 is 3. The molecular formula is C57H86N2O14. The summed E-state index contributed by atoms with van der Waals surface area (Å²) in [6.07, 6.45) is 4.36. The van der Waals surface area contributed by atoms with Crippen molar-refractivity contribution in [2.24, 2.45) is 35.5 Å². The fourth-order valence-corrected chi connectivity index (χ4v) is 12.1. The lowest BCUT2D eigenvalue weighted by molar-refractivity contribution is -0.265. The van der Waals surface area contributed by atoms with Gasteiger partial charge in [0.1, 0.15) is 36.2 Å². The van der Waals surface area contributed by atoms with Crippen LogP contribution in [0.1, 0.15) is 138 Å². The van der Waals surface area contributed by atoms with E-state index in [-0.39, 0.29) is 73.4 Å². The average Bonchev–Trinajstić information content (AvgIpc) is 3.38. The van der Waals surface area contributed by atoms with E-state index in [2.05, 4.69) is 6.92 Å². The van der Waals surface area contributed by atoms with Crippen LogP contribution in [0.2, 0.25) is 0 Å². The number of hydrogen-bond acceptors (Lipinski definition) is 15. The topological polar surface area (TPSA) is 208 Å². The van der Waals surface area contributed by atoms with Crippen LogP contribution in [0.4, 0.5) is 5.69 Å². The minimum absolute atomic E-state index is 0.0349. The van der Waals surface area contributed by atoms with E-state index in [1.807, 2.05) is 62.2 Å². The summed E-state index contributed by atoms with van der Waals surface area (Å²) in [7, 11) is 4.56. The van der Waals surface area contributed by atoms with E-state index in [4.69, 9.17) is 28.5 Å². The first kappa shape index (κ1) is 58.4. The Balaban J connectivity index is 1.34. The predicted molar refractivity (Wildman–Crippen MR) is 274 cm³/mol. The van der Waals surface area contributed by atoms with Gasteiger partial charge < -0.3 is 43.9 Å². The van der Waals surface area contributed by atoms with Crippen molar-refractivity contribution in [3.63, 3.8) is 0 Å². The number of para-hydroxylation sites is 1. The average molecular weight is 1020 g/mol. The van der Waals surface area contributed by atoms with Gasteiger partial charge in [0.2, 0.25) is 5.79 Å². The summed E-state index contributed by atoms with van der Waals surface area (Å²) >= 11 is 0. The van der Waals surface area contributed by atoms with E-state index in [9.17, 15) is 39.3 Å². The van der Waals surface area contributed by atoms with Gasteiger partial charge in [0.25, 0.3) is 11.7 Å². The summed E-state index contributed by atoms with van der Waals surface area (Å²) in [6, 6.07) is 8.56. The van der Waals surface area contributed by atoms with Crippen LogP contribution < -0.4 is 5.06 Å². The zero-order valence-electron chi connectivity index (χ0n) is 45.1. The number of rotatable bonds is 7. The second-order valence-electron chi connectivity index (χ2n) is 22.3. The largest absolute Gasteiger partial charge is 0.460 e. The molecule has 1 aromatic rings. The van der Waals surface area contributed by atoms with Gasteiger partial charge in [-0.3, -0.25) is 29.1 Å². The molecule has 17 atom stereocenters. The maximum Gasteiger partial charge on any atom is 0.329 e. The number of piperidine rings is 1. The Morgan fingerprint density at radius 1 is 0.808 bits per heavy atom. The summed E-state index contributed by atoms with van der Waals surface area (Å²) in [5.74, 6) is -8.21. The molecule has 1 saturated carbocycles. The van der Waals surface area contributed by atoms with E-state index < -0.39 is 83.9 Å². The van der Waals surface area contributed by atoms with Crippen LogP contribution in [-0.2, 0) is 52.5 Å². The summed E-state index contributed by atoms with van der Waals surface area (Å²) in [5, 5.41) is 36.3. The first-order chi connectivity index (χ1) is 34.7. The van der Waals surface area contributed by atoms with E-state index in [0.29, 0.717) is 69.8 Å². The lowest BCUT2D eigenvalue weighted by Gasteiger charge is -2.43. The molecule has 3 saturated heterocycles. The highest BCUT2D eigenvalue weighted by atomic mass is 16.7. The van der Waals surface area contributed by atoms with Crippen LogP contribution in [0.15, 0.2) is 53.6 Å². The third-order valence-electron chi connectivity index (χ3n) is 16.9. The maximum absolute atomic E-state index is 14.5. The smallest absolute Gasteiger partial charge is 0.329 e. The molecule has 0 radical (unpaired) electrons. The molecule has 0 spiro atoms. The number of hydrogen-bond donors (Lipinski definition) is 3. The molecule has 4 fully saturated rings. The monoisotopic (exact) mass is 1020 g/mol. The van der Waals surface area contributed by atoms with Crippen molar-refractivity contribution in [2.45, 2.75) is 205 Å². The van der Waals surface area contributed by atoms with E-state index in [1.54, 1.807) is 41.1 Å². The maximum atomic E-state index is 14.5. The molecular weight excluding hydrogens is 937 g/mol. The van der Waals surface area contributed by atoms with Gasteiger partial charge in [-0.2, -0.15) is 0 Å². The number of aliphatic hydroxyl groups is 3. The number of carbonyl (C=O) groups excluding carboxylic acids is 5. The minimum Gasteiger partial charge on any atom is -0.460 e. The Bertz CT molecular complexity index is 2100. The number of ether oxygens (including phenoxy) is 5. The van der Waals surface area contributed by atoms with Crippen LogP contribution in [0.5, 0.6) is 0 Å². The highest BCUT2D eigenvalue weighted by molar-refractivity contribution is 6.39. The molecule has 4 bridgehead atoms. The van der Waals surface area contributed by atoms with E-state index in [1.165, 1.54) is 12.0 Å². The van der Waals surface area contributed by atoms with Crippen molar-refractivity contribution in [1.82, 2.24) is 4.90 Å². The predicted octanol–water partition coefficient (Wildman–Crippen LogP) is 7.04. The molecule has 408 valence electrons. The summed E-state index contributed by atoms with van der Waals surface area (Å²) in [4.78, 5) is 79.9. The number of aliphatic hydroxyl groups excluding tert-OH is 2. The Morgan fingerprint density at radius 2 is 1.53 bits per heavy atom. The van der Waals surface area contributed by atoms with Gasteiger partial charge in [-0.05, 0) is 132 Å². The first-order valence-corrected chi connectivity index (χ1v) is 27.1. The van der Waals surface area contributed by atoms with Gasteiger partial charge in [0.15, 0.2) is 5.78 Å². The molecule has 2 unspecified atom stereocenters. The number of anilines is 1. The molecule has 73 heavy (non-hydrogen) atoms. The normalized spacial score (nSPS) is 39.5. The number of nitrogens with zero attached hydrogens (tertiary/aromatic N) is 2. The number of benzene rings is 1. The molecule has 5 aliphatic heterocycles. The summed E-state index contributed by atoms with van der Waals surface area (Å²) < 4.78 is 29.9. The SMILES string of the molecule is CO[C@H]1C[C@@H]2CC[C@@H](C)[C@@](O)(O2)C(=O)C(=O)N2CCCC[C@H]2C(=O)O[C@H]([C@H](C)C[C@@H]2CC[C@@H](O)[C@H](OC)C2)CC(=O)[C@H](C)/C=C(/C)[C@@H](O)[C@@H](OC)C(=O)[C@H](C)C[C@H](C)C2CCC(/C=C\1C)ON2c1ccccc1. The zero-order valence-corrected chi connectivity index (χ0v) is 45.1. The van der Waals surface area contributed by atoms with Crippen LogP contribution in [-0.4, -0.2) is 144 Å². The van der Waals surface area contributed by atoms with Crippen LogP contribution >= 0.6 is 0 Å². The fraction of sp³-hybridized carbons (Fsp3) is 0.737. The molecule has 7 rings (SSSR count). The third kappa shape index (κ3) is 14.1. The molecule has 1 amide bonds. The van der Waals surface area contributed by atoms with Crippen molar-refractivity contribution >= 4 is 34.9 Å². The molecule has 5 heterocycles.